The van der Waals surface area contributed by atoms with Crippen LogP contribution in [0.2, 0.25) is 0 Å². The van der Waals surface area contributed by atoms with Crippen molar-refractivity contribution in [3.8, 4) is 0 Å². The number of nitrogens with zero attached hydrogens (tertiary/aromatic N) is 3. The van der Waals surface area contributed by atoms with Crippen LogP contribution < -0.4 is 5.32 Å². The third kappa shape index (κ3) is 6.12. The van der Waals surface area contributed by atoms with Crippen LogP contribution in [0.25, 0.3) is 0 Å². The fourth-order valence-corrected chi connectivity index (χ4v) is 6.14. The van der Waals surface area contributed by atoms with Crippen LogP contribution in [0.15, 0.2) is 41.8 Å². The monoisotopic (exact) mass is 498 g/mol. The minimum Gasteiger partial charge on any atom is -0.383 e. The van der Waals surface area contributed by atoms with Crippen LogP contribution in [0.3, 0.4) is 0 Å². The van der Waals surface area contributed by atoms with E-state index in [1.807, 2.05) is 46.7 Å². The largest absolute Gasteiger partial charge is 0.383 e. The van der Waals surface area contributed by atoms with Gasteiger partial charge in [0.2, 0.25) is 5.91 Å². The minimum atomic E-state index is -0.447. The molecule has 2 atom stereocenters. The van der Waals surface area contributed by atoms with Gasteiger partial charge >= 0.3 is 0 Å². The molecule has 3 heterocycles. The number of amides is 2. The van der Waals surface area contributed by atoms with E-state index >= 15 is 0 Å². The van der Waals surface area contributed by atoms with Gasteiger partial charge in [-0.25, -0.2) is 0 Å². The minimum absolute atomic E-state index is 0.0152. The number of fused-ring (bicyclic) bond motifs is 1. The van der Waals surface area contributed by atoms with Crippen molar-refractivity contribution in [1.82, 2.24) is 20.0 Å². The van der Waals surface area contributed by atoms with Crippen molar-refractivity contribution < 1.29 is 14.3 Å². The van der Waals surface area contributed by atoms with Crippen LogP contribution in [0.4, 0.5) is 0 Å². The number of nitrogens with one attached hydrogen (secondary N) is 1. The quantitative estimate of drug-likeness (QED) is 0.482. The average Bonchev–Trinajstić information content (AvgIpc) is 3.41. The molecular weight excluding hydrogens is 460 g/mol. The number of ether oxygens (including phenoxy) is 1. The first kappa shape index (κ1) is 25.8. The van der Waals surface area contributed by atoms with Gasteiger partial charge in [0.05, 0.1) is 18.6 Å². The highest BCUT2D eigenvalue weighted by Gasteiger charge is 2.44. The first-order valence-corrected chi connectivity index (χ1v) is 13.7. The molecule has 2 amide bonds. The lowest BCUT2D eigenvalue weighted by Gasteiger charge is -2.41. The summed E-state index contributed by atoms with van der Waals surface area (Å²) in [5, 5.41) is 5.21. The van der Waals surface area contributed by atoms with E-state index in [1.54, 1.807) is 18.4 Å². The van der Waals surface area contributed by atoms with Crippen molar-refractivity contribution in [2.24, 2.45) is 0 Å². The van der Waals surface area contributed by atoms with Crippen LogP contribution >= 0.6 is 11.3 Å². The molecule has 35 heavy (non-hydrogen) atoms. The number of thiophene rings is 1. The highest BCUT2D eigenvalue weighted by atomic mass is 32.1. The molecule has 1 aromatic carbocycles. The van der Waals surface area contributed by atoms with Crippen LogP contribution in [0.1, 0.15) is 52.5 Å². The van der Waals surface area contributed by atoms with Gasteiger partial charge in [-0.1, -0.05) is 31.2 Å². The molecule has 4 rings (SSSR count). The van der Waals surface area contributed by atoms with Crippen LogP contribution in [0.5, 0.6) is 0 Å². The number of piperazine rings is 1. The second-order valence-corrected chi connectivity index (χ2v) is 10.3. The van der Waals surface area contributed by atoms with Gasteiger partial charge in [-0.05, 0) is 49.0 Å². The van der Waals surface area contributed by atoms with E-state index in [9.17, 15) is 9.59 Å². The maximum atomic E-state index is 13.7. The first-order chi connectivity index (χ1) is 17.1. The molecule has 0 saturated carbocycles. The summed E-state index contributed by atoms with van der Waals surface area (Å²) in [6.45, 7) is 10.4. The van der Waals surface area contributed by atoms with Crippen LogP contribution in [-0.2, 0) is 9.53 Å². The van der Waals surface area contributed by atoms with Crippen molar-refractivity contribution in [1.29, 1.82) is 0 Å². The molecule has 0 radical (unpaired) electrons. The molecule has 1 aromatic heterocycles. The van der Waals surface area contributed by atoms with Crippen molar-refractivity contribution in [3.63, 3.8) is 0 Å². The Labute approximate surface area is 213 Å². The summed E-state index contributed by atoms with van der Waals surface area (Å²) in [7, 11) is 1.64. The zero-order valence-corrected chi connectivity index (χ0v) is 21.8. The molecule has 2 aliphatic heterocycles. The van der Waals surface area contributed by atoms with Crippen molar-refractivity contribution >= 4 is 23.2 Å². The van der Waals surface area contributed by atoms with Gasteiger partial charge in [0.15, 0.2) is 0 Å². The number of carbonyl (C=O) groups excluding carboxylic acids is 2. The van der Waals surface area contributed by atoms with Gasteiger partial charge in [-0.3, -0.25) is 9.59 Å². The predicted octanol–water partition coefficient (Wildman–Crippen LogP) is 3.21. The molecule has 0 spiro atoms. The van der Waals surface area contributed by atoms with E-state index in [1.165, 1.54) is 13.0 Å². The fourth-order valence-electron chi connectivity index (χ4n) is 5.26. The third-order valence-electron chi connectivity index (χ3n) is 7.05. The highest BCUT2D eigenvalue weighted by molar-refractivity contribution is 7.10. The third-order valence-corrected chi connectivity index (χ3v) is 7.99. The van der Waals surface area contributed by atoms with Gasteiger partial charge in [-0.2, -0.15) is 0 Å². The summed E-state index contributed by atoms with van der Waals surface area (Å²) < 4.78 is 5.30. The molecule has 8 heteroatoms. The first-order valence-electron chi connectivity index (χ1n) is 12.8. The summed E-state index contributed by atoms with van der Waals surface area (Å²) in [5.74, 6) is -0.502. The van der Waals surface area contributed by atoms with Crippen molar-refractivity contribution in [2.75, 3.05) is 66.1 Å². The lowest BCUT2D eigenvalue weighted by atomic mass is 9.81. The maximum Gasteiger partial charge on any atom is 0.254 e. The summed E-state index contributed by atoms with van der Waals surface area (Å²) in [5.41, 5.74) is 1.43. The number of benzene rings is 1. The fraction of sp³-hybridized carbons (Fsp3) is 0.556. The Balaban J connectivity index is 1.44. The zero-order chi connectivity index (χ0) is 24.6. The molecule has 2 aromatic rings. The number of methoxy groups -OCH3 is 1. The molecule has 0 aliphatic carbocycles. The highest BCUT2D eigenvalue weighted by Crippen LogP contribution is 2.44. The average molecular weight is 499 g/mol. The molecule has 190 valence electrons. The second kappa shape index (κ2) is 12.6. The second-order valence-electron chi connectivity index (χ2n) is 9.34. The van der Waals surface area contributed by atoms with E-state index < -0.39 is 5.92 Å². The Bertz CT molecular complexity index is 959. The van der Waals surface area contributed by atoms with E-state index in [-0.39, 0.29) is 17.9 Å². The zero-order valence-electron chi connectivity index (χ0n) is 20.9. The van der Waals surface area contributed by atoms with Gasteiger partial charge in [0.1, 0.15) is 0 Å². The van der Waals surface area contributed by atoms with Gasteiger partial charge in [0.25, 0.3) is 5.91 Å². The number of rotatable bonds is 11. The molecule has 7 nitrogen and oxygen atoms in total. The summed E-state index contributed by atoms with van der Waals surface area (Å²) in [6, 6.07) is 11.2. The van der Waals surface area contributed by atoms with Crippen LogP contribution in [-0.4, -0.2) is 92.6 Å². The Hall–Kier alpha value is -2.26. The molecule has 0 bridgehead atoms. The molecule has 1 saturated heterocycles. The lowest BCUT2D eigenvalue weighted by Crippen LogP contribution is -2.49. The molecule has 1 fully saturated rings. The number of hydrogen-bond donors (Lipinski definition) is 1. The maximum absolute atomic E-state index is 13.7. The Morgan fingerprint density at radius 1 is 1.06 bits per heavy atom. The summed E-state index contributed by atoms with van der Waals surface area (Å²) in [4.78, 5) is 35.0. The Kier molecular flexibility index (Phi) is 9.31. The van der Waals surface area contributed by atoms with Gasteiger partial charge in [0, 0.05) is 56.8 Å². The number of carbonyl (C=O) groups is 2. The molecular formula is C27H38N4O3S. The van der Waals surface area contributed by atoms with E-state index in [0.29, 0.717) is 25.3 Å². The van der Waals surface area contributed by atoms with E-state index in [0.717, 1.165) is 49.6 Å². The smallest absolute Gasteiger partial charge is 0.254 e. The summed E-state index contributed by atoms with van der Waals surface area (Å²) in [6.07, 6.45) is 2.13. The van der Waals surface area contributed by atoms with Crippen molar-refractivity contribution in [3.05, 3.63) is 57.8 Å². The molecule has 2 aliphatic rings. The van der Waals surface area contributed by atoms with E-state index in [4.69, 9.17) is 4.74 Å². The van der Waals surface area contributed by atoms with Gasteiger partial charge < -0.3 is 24.8 Å². The Morgan fingerprint density at radius 3 is 2.49 bits per heavy atom. The normalized spacial score (nSPS) is 21.2. The SMILES string of the molecule is CCCN1CCN(CCCNC(=O)[C@H]2c3ccccc3C(=O)N(CCOC)[C@H]2c2cccs2)CC1. The van der Waals surface area contributed by atoms with Crippen LogP contribution in [0, 0.1) is 0 Å². The van der Waals surface area contributed by atoms with E-state index in [2.05, 4.69) is 22.0 Å². The molecule has 0 unspecified atom stereocenters. The van der Waals surface area contributed by atoms with Crippen molar-refractivity contribution in [2.45, 2.75) is 31.7 Å². The molecule has 1 N–H and O–H groups in total. The topological polar surface area (TPSA) is 65.1 Å². The Morgan fingerprint density at radius 2 is 1.80 bits per heavy atom. The van der Waals surface area contributed by atoms with Gasteiger partial charge in [-0.15, -0.1) is 11.3 Å². The summed E-state index contributed by atoms with van der Waals surface area (Å²) >= 11 is 1.59. The standard InChI is InChI=1S/C27H38N4O3S/c1-3-12-29-14-16-30(17-15-29)13-7-11-28-26(32)24-21-8-4-5-9-22(21)27(33)31(18-19-34-2)25(24)23-10-6-20-35-23/h4-6,8-10,20,24-25H,3,7,11-19H2,1-2H3,(H,28,32)/t24-,25-/m0/s1. The predicted molar refractivity (Wildman–Crippen MR) is 140 cm³/mol. The lowest BCUT2D eigenvalue weighted by molar-refractivity contribution is -0.124. The number of hydrogen-bond acceptors (Lipinski definition) is 6.